The molecule has 0 unspecified atom stereocenters. The fourth-order valence-corrected chi connectivity index (χ4v) is 4.16. The minimum Gasteiger partial charge on any atom is -0.381 e. The van der Waals surface area contributed by atoms with Gasteiger partial charge in [0, 0.05) is 24.5 Å². The van der Waals surface area contributed by atoms with E-state index in [1.54, 1.807) is 0 Å². The van der Waals surface area contributed by atoms with Gasteiger partial charge in [-0.2, -0.15) is 0 Å². The van der Waals surface area contributed by atoms with E-state index in [1.807, 2.05) is 11.8 Å². The predicted molar refractivity (Wildman–Crippen MR) is 68.1 cm³/mol. The van der Waals surface area contributed by atoms with Crippen LogP contribution in [0.15, 0.2) is 4.99 Å². The van der Waals surface area contributed by atoms with Crippen LogP contribution in [0.3, 0.4) is 0 Å². The van der Waals surface area contributed by atoms with Crippen molar-refractivity contribution in [2.24, 2.45) is 4.99 Å². The lowest BCUT2D eigenvalue weighted by Crippen LogP contribution is -2.41. The third kappa shape index (κ3) is 2.23. The second-order valence-electron chi connectivity index (χ2n) is 5.18. The van der Waals surface area contributed by atoms with E-state index in [0.29, 0.717) is 11.6 Å². The smallest absolute Gasteiger partial charge is 0.157 e. The summed E-state index contributed by atoms with van der Waals surface area (Å²) in [6, 6.07) is 0.500. The van der Waals surface area contributed by atoms with Crippen molar-refractivity contribution >= 4 is 16.9 Å². The molecular formula is C12H20N2OS. The van der Waals surface area contributed by atoms with Crippen LogP contribution < -0.4 is 5.32 Å². The van der Waals surface area contributed by atoms with Gasteiger partial charge in [-0.1, -0.05) is 24.6 Å². The maximum absolute atomic E-state index is 5.36. The van der Waals surface area contributed by atoms with Crippen LogP contribution in [-0.2, 0) is 4.74 Å². The zero-order chi connectivity index (χ0) is 10.8. The standard InChI is InChI=1S/C12H20N2OS/c1-2-6-12(5-1)9-16-11(14-12)13-10-3-7-15-8-4-10/h10H,1-9H2,(H,13,14). The fourth-order valence-electron chi connectivity index (χ4n) is 2.88. The zero-order valence-corrected chi connectivity index (χ0v) is 10.5. The summed E-state index contributed by atoms with van der Waals surface area (Å²) in [5, 5.41) is 4.89. The summed E-state index contributed by atoms with van der Waals surface area (Å²) in [5.74, 6) is 1.23. The summed E-state index contributed by atoms with van der Waals surface area (Å²) in [7, 11) is 0. The summed E-state index contributed by atoms with van der Waals surface area (Å²) in [4.78, 5) is 4.84. The van der Waals surface area contributed by atoms with Crippen LogP contribution in [0.4, 0.5) is 0 Å². The molecule has 16 heavy (non-hydrogen) atoms. The van der Waals surface area contributed by atoms with Crippen LogP contribution in [0.25, 0.3) is 0 Å². The lowest BCUT2D eigenvalue weighted by molar-refractivity contribution is 0.0871. The molecular weight excluding hydrogens is 220 g/mol. The number of rotatable bonds is 1. The van der Waals surface area contributed by atoms with E-state index >= 15 is 0 Å². The van der Waals surface area contributed by atoms with Crippen LogP contribution in [0.1, 0.15) is 38.5 Å². The van der Waals surface area contributed by atoms with Crippen LogP contribution in [-0.4, -0.2) is 35.7 Å². The van der Waals surface area contributed by atoms with Gasteiger partial charge >= 0.3 is 0 Å². The molecule has 2 saturated heterocycles. The number of hydrogen-bond donors (Lipinski definition) is 1. The molecule has 0 aromatic rings. The highest BCUT2D eigenvalue weighted by Crippen LogP contribution is 2.37. The van der Waals surface area contributed by atoms with Gasteiger partial charge in [-0.05, 0) is 25.7 Å². The first-order valence-electron chi connectivity index (χ1n) is 6.43. The fraction of sp³-hybridized carbons (Fsp3) is 0.917. The second kappa shape index (κ2) is 4.57. The number of nitrogens with zero attached hydrogens (tertiary/aromatic N) is 1. The van der Waals surface area contributed by atoms with E-state index in [9.17, 15) is 0 Å². The van der Waals surface area contributed by atoms with E-state index in [4.69, 9.17) is 9.73 Å². The van der Waals surface area contributed by atoms with Crippen molar-refractivity contribution in [1.82, 2.24) is 5.32 Å². The molecule has 0 aromatic heterocycles. The van der Waals surface area contributed by atoms with Gasteiger partial charge in [0.05, 0.1) is 6.04 Å². The van der Waals surface area contributed by atoms with Crippen molar-refractivity contribution in [2.75, 3.05) is 19.0 Å². The van der Waals surface area contributed by atoms with E-state index < -0.39 is 0 Å². The topological polar surface area (TPSA) is 33.6 Å². The Bertz CT molecular complexity index is 281. The summed E-state index contributed by atoms with van der Waals surface area (Å²) in [6.07, 6.45) is 7.65. The summed E-state index contributed by atoms with van der Waals surface area (Å²) >= 11 is 1.93. The third-order valence-electron chi connectivity index (χ3n) is 3.91. The van der Waals surface area contributed by atoms with Gasteiger partial charge in [0.1, 0.15) is 0 Å². The monoisotopic (exact) mass is 240 g/mol. The van der Waals surface area contributed by atoms with Gasteiger partial charge in [-0.25, -0.2) is 0 Å². The highest BCUT2D eigenvalue weighted by Gasteiger charge is 2.39. The molecule has 3 aliphatic rings. The SMILES string of the molecule is C1CCC2(C1)CSC(=NC1CCOCC1)N2. The molecule has 1 N–H and O–H groups in total. The molecule has 3 fully saturated rings. The van der Waals surface area contributed by atoms with Crippen LogP contribution in [0.2, 0.25) is 0 Å². The maximum atomic E-state index is 5.36. The predicted octanol–water partition coefficient (Wildman–Crippen LogP) is 2.17. The van der Waals surface area contributed by atoms with Gasteiger partial charge in [0.25, 0.3) is 0 Å². The number of aliphatic imine (C=N–C) groups is 1. The minimum absolute atomic E-state index is 0.411. The van der Waals surface area contributed by atoms with Gasteiger partial charge in [0.2, 0.25) is 0 Å². The van der Waals surface area contributed by atoms with E-state index in [-0.39, 0.29) is 0 Å². The Kier molecular flexibility index (Phi) is 3.11. The molecule has 0 aromatic carbocycles. The number of hydrogen-bond acceptors (Lipinski definition) is 3. The first-order chi connectivity index (χ1) is 7.86. The number of thioether (sulfide) groups is 1. The molecule has 3 rings (SSSR count). The normalized spacial score (nSPS) is 32.4. The van der Waals surface area contributed by atoms with E-state index in [0.717, 1.165) is 26.1 Å². The van der Waals surface area contributed by atoms with Crippen LogP contribution >= 0.6 is 11.8 Å². The molecule has 1 spiro atoms. The lowest BCUT2D eigenvalue weighted by Gasteiger charge is -2.23. The van der Waals surface area contributed by atoms with Crippen molar-refractivity contribution in [1.29, 1.82) is 0 Å². The van der Waals surface area contributed by atoms with E-state index in [2.05, 4.69) is 5.32 Å². The Morgan fingerprint density at radius 2 is 2.00 bits per heavy atom. The summed E-state index contributed by atoms with van der Waals surface area (Å²) < 4.78 is 5.36. The number of nitrogens with one attached hydrogen (secondary N) is 1. The molecule has 1 saturated carbocycles. The Hall–Kier alpha value is -0.220. The van der Waals surface area contributed by atoms with Gasteiger partial charge in [0.15, 0.2) is 5.17 Å². The Morgan fingerprint density at radius 3 is 2.75 bits per heavy atom. The molecule has 0 bridgehead atoms. The zero-order valence-electron chi connectivity index (χ0n) is 9.71. The summed E-state index contributed by atoms with van der Waals surface area (Å²) in [5.41, 5.74) is 0.411. The first-order valence-corrected chi connectivity index (χ1v) is 7.41. The molecule has 0 radical (unpaired) electrons. The number of amidine groups is 1. The lowest BCUT2D eigenvalue weighted by atomic mass is 10.0. The van der Waals surface area contributed by atoms with Crippen LogP contribution in [0.5, 0.6) is 0 Å². The summed E-state index contributed by atoms with van der Waals surface area (Å²) in [6.45, 7) is 1.77. The van der Waals surface area contributed by atoms with Gasteiger partial charge < -0.3 is 10.1 Å². The van der Waals surface area contributed by atoms with Crippen LogP contribution in [0, 0.1) is 0 Å². The van der Waals surface area contributed by atoms with Gasteiger partial charge in [-0.3, -0.25) is 4.99 Å². The first kappa shape index (κ1) is 10.9. The molecule has 0 atom stereocenters. The highest BCUT2D eigenvalue weighted by atomic mass is 32.2. The second-order valence-corrected chi connectivity index (χ2v) is 6.14. The molecule has 90 valence electrons. The Labute approximate surface area is 101 Å². The largest absolute Gasteiger partial charge is 0.381 e. The Balaban J connectivity index is 1.61. The maximum Gasteiger partial charge on any atom is 0.157 e. The third-order valence-corrected chi connectivity index (χ3v) is 5.09. The van der Waals surface area contributed by atoms with Crippen molar-refractivity contribution in [3.63, 3.8) is 0 Å². The molecule has 2 aliphatic heterocycles. The molecule has 2 heterocycles. The van der Waals surface area contributed by atoms with Gasteiger partial charge in [-0.15, -0.1) is 0 Å². The Morgan fingerprint density at radius 1 is 1.25 bits per heavy atom. The van der Waals surface area contributed by atoms with Crippen molar-refractivity contribution < 1.29 is 4.74 Å². The molecule has 4 heteroatoms. The minimum atomic E-state index is 0.411. The average molecular weight is 240 g/mol. The average Bonchev–Trinajstić information content (AvgIpc) is 2.92. The van der Waals surface area contributed by atoms with E-state index in [1.165, 1.54) is 36.6 Å². The molecule has 1 aliphatic carbocycles. The number of ether oxygens (including phenoxy) is 1. The van der Waals surface area contributed by atoms with Crippen molar-refractivity contribution in [2.45, 2.75) is 50.1 Å². The molecule has 3 nitrogen and oxygen atoms in total. The quantitative estimate of drug-likeness (QED) is 0.762. The molecule has 0 amide bonds. The van der Waals surface area contributed by atoms with Crippen molar-refractivity contribution in [3.8, 4) is 0 Å². The highest BCUT2D eigenvalue weighted by molar-refractivity contribution is 8.14. The van der Waals surface area contributed by atoms with Crippen molar-refractivity contribution in [3.05, 3.63) is 0 Å².